The van der Waals surface area contributed by atoms with Crippen LogP contribution in [-0.4, -0.2) is 67.0 Å². The number of nitrogens with zero attached hydrogens (tertiary/aromatic N) is 4. The van der Waals surface area contributed by atoms with E-state index in [0.717, 1.165) is 38.0 Å². The third kappa shape index (κ3) is 6.89. The third-order valence-electron chi connectivity index (χ3n) is 5.89. The van der Waals surface area contributed by atoms with Crippen molar-refractivity contribution in [3.8, 4) is 5.75 Å². The molecule has 1 unspecified atom stereocenters. The average Bonchev–Trinajstić information content (AvgIpc) is 2.83. The Balaban J connectivity index is 1.56. The van der Waals surface area contributed by atoms with Crippen molar-refractivity contribution in [1.82, 2.24) is 14.7 Å². The maximum absolute atomic E-state index is 13.0. The van der Waals surface area contributed by atoms with Gasteiger partial charge in [0.05, 0.1) is 5.70 Å². The molecule has 0 spiro atoms. The Kier molecular flexibility index (Phi) is 8.60. The smallest absolute Gasteiger partial charge is 0.323 e. The van der Waals surface area contributed by atoms with Crippen LogP contribution in [0.3, 0.4) is 0 Å². The zero-order valence-electron chi connectivity index (χ0n) is 19.7. The zero-order valence-corrected chi connectivity index (χ0v) is 19.7. The van der Waals surface area contributed by atoms with Crippen molar-refractivity contribution < 1.29 is 13.9 Å². The number of piperidine rings is 1. The number of carbonyl (C=O) groups excluding carboxylic acids is 1. The predicted molar refractivity (Wildman–Crippen MR) is 131 cm³/mol. The van der Waals surface area contributed by atoms with E-state index in [1.165, 1.54) is 17.4 Å². The number of hydrogen-bond donors (Lipinski definition) is 0. The molecule has 0 aliphatic carbocycles. The molecule has 2 amide bonds. The van der Waals surface area contributed by atoms with E-state index in [2.05, 4.69) is 40.9 Å². The number of urea groups is 1. The van der Waals surface area contributed by atoms with Gasteiger partial charge in [-0.25, -0.2) is 9.18 Å². The summed E-state index contributed by atoms with van der Waals surface area (Å²) in [6, 6.07) is 17.4. The zero-order chi connectivity index (χ0) is 23.8. The molecule has 2 aromatic carbocycles. The molecular formula is C26H33FN4O2. The molecule has 1 atom stereocenters. The Morgan fingerprint density at radius 1 is 1.18 bits per heavy atom. The highest BCUT2D eigenvalue weighted by molar-refractivity contribution is 5.78. The normalized spacial score (nSPS) is 16.2. The van der Waals surface area contributed by atoms with E-state index in [0.29, 0.717) is 11.4 Å². The van der Waals surface area contributed by atoms with Gasteiger partial charge in [0.15, 0.2) is 0 Å². The van der Waals surface area contributed by atoms with E-state index >= 15 is 0 Å². The summed E-state index contributed by atoms with van der Waals surface area (Å²) in [7, 11) is 3.58. The van der Waals surface area contributed by atoms with E-state index in [9.17, 15) is 9.18 Å². The molecule has 1 heterocycles. The van der Waals surface area contributed by atoms with Gasteiger partial charge in [0.1, 0.15) is 5.75 Å². The van der Waals surface area contributed by atoms with Crippen molar-refractivity contribution >= 4 is 18.4 Å². The number of carbonyl (C=O) groups is 1. The van der Waals surface area contributed by atoms with Crippen LogP contribution in [0.5, 0.6) is 5.75 Å². The maximum Gasteiger partial charge on any atom is 0.323 e. The average molecular weight is 453 g/mol. The van der Waals surface area contributed by atoms with Gasteiger partial charge in [-0.15, -0.1) is 0 Å². The number of likely N-dealkylation sites (tertiary alicyclic amines) is 1. The fraction of sp³-hybridized carbons (Fsp3) is 0.385. The lowest BCUT2D eigenvalue weighted by Gasteiger charge is -2.37. The van der Waals surface area contributed by atoms with E-state index < -0.39 is 6.36 Å². The minimum Gasteiger partial charge on any atom is -0.461 e. The van der Waals surface area contributed by atoms with Gasteiger partial charge in [0, 0.05) is 58.5 Å². The highest BCUT2D eigenvalue weighted by Gasteiger charge is 2.26. The number of amides is 2. The van der Waals surface area contributed by atoms with Gasteiger partial charge < -0.3 is 14.5 Å². The van der Waals surface area contributed by atoms with Crippen molar-refractivity contribution in [2.24, 2.45) is 4.99 Å². The number of aliphatic imine (C=N–C) groups is 1. The number of ether oxygens (including phenoxy) is 1. The largest absolute Gasteiger partial charge is 0.461 e. The number of alkyl halides is 1. The molecule has 1 aliphatic rings. The predicted octanol–water partition coefficient (Wildman–Crippen LogP) is 5.03. The van der Waals surface area contributed by atoms with Crippen LogP contribution in [0.4, 0.5) is 9.18 Å². The second-order valence-electron chi connectivity index (χ2n) is 8.35. The molecule has 1 saturated heterocycles. The first-order chi connectivity index (χ1) is 15.9. The van der Waals surface area contributed by atoms with Crippen molar-refractivity contribution in [2.75, 3.05) is 27.2 Å². The minimum atomic E-state index is -1.38. The Morgan fingerprint density at radius 2 is 1.82 bits per heavy atom. The molecule has 0 N–H and O–H groups in total. The topological polar surface area (TPSA) is 48.4 Å². The van der Waals surface area contributed by atoms with Gasteiger partial charge >= 0.3 is 6.03 Å². The number of halogens is 1. The Hall–Kier alpha value is -3.19. The van der Waals surface area contributed by atoms with Crippen LogP contribution in [0, 0.1) is 0 Å². The van der Waals surface area contributed by atoms with Gasteiger partial charge in [-0.05, 0) is 49.4 Å². The fourth-order valence-electron chi connectivity index (χ4n) is 4.05. The van der Waals surface area contributed by atoms with E-state index in [1.54, 1.807) is 37.5 Å². The second-order valence-corrected chi connectivity index (χ2v) is 8.35. The Bertz CT molecular complexity index is 939. The van der Waals surface area contributed by atoms with Gasteiger partial charge in [-0.2, -0.15) is 0 Å². The van der Waals surface area contributed by atoms with E-state index in [1.807, 2.05) is 18.0 Å². The number of hydrogen-bond acceptors (Lipinski definition) is 4. The van der Waals surface area contributed by atoms with Gasteiger partial charge in [-0.1, -0.05) is 30.3 Å². The molecule has 2 aromatic rings. The lowest BCUT2D eigenvalue weighted by Crippen LogP contribution is -2.48. The van der Waals surface area contributed by atoms with Gasteiger partial charge in [0.25, 0.3) is 0 Å². The van der Waals surface area contributed by atoms with Crippen LogP contribution in [0.1, 0.15) is 30.9 Å². The highest BCUT2D eigenvalue weighted by atomic mass is 19.1. The van der Waals surface area contributed by atoms with Gasteiger partial charge in [-0.3, -0.25) is 9.89 Å². The van der Waals surface area contributed by atoms with Crippen molar-refractivity contribution in [3.05, 3.63) is 71.9 Å². The number of benzene rings is 2. The first-order valence-electron chi connectivity index (χ1n) is 11.2. The first-order valence-corrected chi connectivity index (χ1v) is 11.2. The molecule has 6 nitrogen and oxygen atoms in total. The number of rotatable bonds is 8. The highest BCUT2D eigenvalue weighted by Crippen LogP contribution is 2.22. The quantitative estimate of drug-likeness (QED) is 0.528. The molecule has 7 heteroatoms. The third-order valence-corrected chi connectivity index (χ3v) is 5.89. The molecule has 0 saturated carbocycles. The summed E-state index contributed by atoms with van der Waals surface area (Å²) >= 11 is 0. The van der Waals surface area contributed by atoms with E-state index in [-0.39, 0.29) is 12.1 Å². The summed E-state index contributed by atoms with van der Waals surface area (Å²) in [6.45, 7) is 7.82. The molecule has 176 valence electrons. The lowest BCUT2D eigenvalue weighted by atomic mass is 10.0. The standard InChI is InChI=1S/C26H33FN4O2/c1-20(27)33-24-12-10-22(11-13-24)25(28-2)19-29(3)26(32)30(4)23-14-16-31(17-15-23)18-21-8-6-5-7-9-21/h5-13,19-20,23H,2,14-18H2,1,3-4H3. The van der Waals surface area contributed by atoms with Crippen LogP contribution in [0.2, 0.25) is 0 Å². The van der Waals surface area contributed by atoms with Crippen LogP contribution in [0.15, 0.2) is 65.8 Å². The molecule has 33 heavy (non-hydrogen) atoms. The maximum atomic E-state index is 13.0. The molecular weight excluding hydrogens is 419 g/mol. The van der Waals surface area contributed by atoms with E-state index in [4.69, 9.17) is 4.74 Å². The van der Waals surface area contributed by atoms with Crippen molar-refractivity contribution in [3.63, 3.8) is 0 Å². The van der Waals surface area contributed by atoms with Crippen molar-refractivity contribution in [1.29, 1.82) is 0 Å². The summed E-state index contributed by atoms with van der Waals surface area (Å²) < 4.78 is 18.0. The molecule has 1 fully saturated rings. The monoisotopic (exact) mass is 452 g/mol. The van der Waals surface area contributed by atoms with Crippen LogP contribution >= 0.6 is 0 Å². The summed E-state index contributed by atoms with van der Waals surface area (Å²) in [4.78, 5) is 22.9. The molecule has 0 radical (unpaired) electrons. The lowest BCUT2D eigenvalue weighted by molar-refractivity contribution is 0.0860. The summed E-state index contributed by atoms with van der Waals surface area (Å²) in [5.41, 5.74) is 2.63. The Morgan fingerprint density at radius 3 is 2.39 bits per heavy atom. The summed E-state index contributed by atoms with van der Waals surface area (Å²) in [6.07, 6.45) is 2.17. The van der Waals surface area contributed by atoms with Crippen LogP contribution < -0.4 is 4.74 Å². The second kappa shape index (κ2) is 11.6. The van der Waals surface area contributed by atoms with Crippen LogP contribution in [0.25, 0.3) is 5.70 Å². The first kappa shape index (κ1) is 24.5. The minimum absolute atomic E-state index is 0.0936. The Labute approximate surface area is 196 Å². The fourth-order valence-corrected chi connectivity index (χ4v) is 4.05. The summed E-state index contributed by atoms with van der Waals surface area (Å²) in [5.74, 6) is 0.430. The van der Waals surface area contributed by atoms with Gasteiger partial charge in [0.2, 0.25) is 6.36 Å². The molecule has 0 bridgehead atoms. The van der Waals surface area contributed by atoms with Crippen molar-refractivity contribution in [2.45, 2.75) is 38.7 Å². The molecule has 0 aromatic heterocycles. The SMILES string of the molecule is C=NC(=CN(C)C(=O)N(C)C1CCN(Cc2ccccc2)CC1)c1ccc(OC(C)F)cc1. The van der Waals surface area contributed by atoms with Crippen LogP contribution in [-0.2, 0) is 6.54 Å². The molecule has 1 aliphatic heterocycles. The molecule has 3 rings (SSSR count). The summed E-state index contributed by atoms with van der Waals surface area (Å²) in [5, 5.41) is 0.